The van der Waals surface area contributed by atoms with Crippen molar-refractivity contribution in [2.75, 3.05) is 0 Å². The maximum atomic E-state index is 9.66. The van der Waals surface area contributed by atoms with E-state index in [1.807, 2.05) is 104 Å². The lowest BCUT2D eigenvalue weighted by molar-refractivity contribution is 1.21. The van der Waals surface area contributed by atoms with Crippen LogP contribution in [-0.2, 0) is 0 Å². The standard InChI is InChI=1S/C19H15B6N2.2C19H18B6N/c1-8-9(2)18(25(22)23)17(24-21)16(20)15(8)14-10(3)13(7-26)11(4)19(27-6)12(14)5;1-8-10(3)15(11(4)9(2)14(8)7-26)16-12(5)13(6)19(25(22)23)18(24-21)17(16)20;1-8-9(2)14(7-26)13(6)15(10(8)3)16-11(4)12(5)19(25(22)23)18(24-21)17(16)20/h1-5H3;2*1-6H3. The summed E-state index contributed by atoms with van der Waals surface area (Å²) in [5, 5.41) is 28.8. The molecule has 0 aliphatic rings. The number of nitriles is 3. The highest BCUT2D eigenvalue weighted by atomic mass is 14.7. The van der Waals surface area contributed by atoms with Gasteiger partial charge in [-0.25, -0.2) is 4.85 Å². The van der Waals surface area contributed by atoms with Crippen LogP contribution in [0.5, 0.6) is 0 Å². The molecule has 0 saturated carbocycles. The molecule has 0 aliphatic carbocycles. The minimum Gasteiger partial charge on any atom is -0.238 e. The zero-order valence-electron chi connectivity index (χ0n) is 49.2. The first-order valence-corrected chi connectivity index (χ1v) is 25.7. The maximum Gasteiger partial charge on any atom is 0.194 e. The molecule has 0 fully saturated rings. The molecule has 6 aromatic rings. The molecule has 0 bridgehead atoms. The largest absolute Gasteiger partial charge is 0.238 e. The summed E-state index contributed by atoms with van der Waals surface area (Å²) in [5.41, 5.74) is 29.8. The van der Waals surface area contributed by atoms with Gasteiger partial charge in [-0.15, -0.1) is 32.8 Å². The Morgan fingerprint density at radius 2 is 0.557 bits per heavy atom. The highest BCUT2D eigenvalue weighted by Crippen LogP contribution is 2.40. The van der Waals surface area contributed by atoms with Crippen molar-refractivity contribution in [1.82, 2.24) is 0 Å². The molecule has 4 nitrogen and oxygen atoms in total. The zero-order chi connectivity index (χ0) is 60.5. The molecule has 0 saturated heterocycles. The Kier molecular flexibility index (Phi) is 22.0. The van der Waals surface area contributed by atoms with Crippen LogP contribution in [0.1, 0.15) is 111 Å². The number of rotatable bonds is 9. The van der Waals surface area contributed by atoms with Crippen LogP contribution >= 0.6 is 0 Å². The fourth-order valence-corrected chi connectivity index (χ4v) is 11.7. The molecule has 0 aromatic heterocycles. The Hall–Kier alpha value is -5.55. The predicted molar refractivity (Wildman–Crippen MR) is 357 cm³/mol. The average Bonchev–Trinajstić information content (AvgIpc) is 3.50. The number of hydrogen-bond acceptors (Lipinski definition) is 3. The second-order valence-corrected chi connectivity index (χ2v) is 20.6. The van der Waals surface area contributed by atoms with Gasteiger partial charge in [0.15, 0.2) is 5.69 Å². The van der Waals surface area contributed by atoms with E-state index in [0.29, 0.717) is 60.6 Å². The van der Waals surface area contributed by atoms with Crippen LogP contribution in [0.25, 0.3) is 38.2 Å². The van der Waals surface area contributed by atoms with E-state index in [4.69, 9.17) is 99.7 Å². The third kappa shape index (κ3) is 11.5. The SMILES string of the molecule is [B][B]c1c([B])c(-c2c(C)c(C#N)c(C)c([N+]#[C-])c2C)c(C)c(C)c1B([B])[B].[B][B]c1c([B])c(-c2c(C)c(C)c(C#N)c(C)c2C)c(C)c(C)c1B([B])[B].[B][B]c1c([B])c(-c2c(C)c(C)c(C)c(C#N)c2C)c(C)c(C)c1B([B])[B]. The lowest BCUT2D eigenvalue weighted by atomic mass is 9.14. The molecule has 27 radical (unpaired) electrons. The van der Waals surface area contributed by atoms with Crippen molar-refractivity contribution in [1.29, 1.82) is 15.8 Å². The smallest absolute Gasteiger partial charge is 0.194 e. The normalized spacial score (nSPS) is 10.4. The topological polar surface area (TPSA) is 75.7 Å². The van der Waals surface area contributed by atoms with Gasteiger partial charge in [0.2, 0.25) is 0 Å². The van der Waals surface area contributed by atoms with Crippen LogP contribution in [0.15, 0.2) is 0 Å². The summed E-state index contributed by atoms with van der Waals surface area (Å²) in [7, 11) is 77.4. The van der Waals surface area contributed by atoms with E-state index in [1.165, 1.54) is 21.5 Å². The second kappa shape index (κ2) is 26.4. The summed E-state index contributed by atoms with van der Waals surface area (Å²) in [6.07, 6.45) is 0. The maximum absolute atomic E-state index is 9.66. The van der Waals surface area contributed by atoms with Gasteiger partial charge in [-0.05, 0) is 229 Å². The van der Waals surface area contributed by atoms with E-state index in [-0.39, 0.29) is 0 Å². The number of benzene rings is 6. The van der Waals surface area contributed by atoms with E-state index in [1.54, 1.807) is 6.92 Å². The molecule has 0 unspecified atom stereocenters. The van der Waals surface area contributed by atoms with Crippen LogP contribution in [0.2, 0.25) is 0 Å². The fraction of sp³-hybridized carbons (Fsp3) is 0.298. The molecule has 22 heteroatoms. The summed E-state index contributed by atoms with van der Waals surface area (Å²) in [6, 6.07) is 6.89. The molecule has 353 valence electrons. The monoisotopic (exact) mass is 990 g/mol. The second-order valence-electron chi connectivity index (χ2n) is 20.6. The Morgan fingerprint density at radius 1 is 0.329 bits per heavy atom. The van der Waals surface area contributed by atoms with Gasteiger partial charge in [-0.1, -0.05) is 33.1 Å². The van der Waals surface area contributed by atoms with Crippen molar-refractivity contribution in [2.24, 2.45) is 0 Å². The highest BCUT2D eigenvalue weighted by molar-refractivity contribution is 7.37. The fourth-order valence-electron chi connectivity index (χ4n) is 11.7. The van der Waals surface area contributed by atoms with E-state index in [2.05, 4.69) is 30.0 Å². The summed E-state index contributed by atoms with van der Waals surface area (Å²) in [5.74, 6) is 0. The first-order valence-electron chi connectivity index (χ1n) is 25.7. The Bertz CT molecular complexity index is 3600. The first-order chi connectivity index (χ1) is 36.8. The Balaban J connectivity index is 0.000000255. The minimum absolute atomic E-state index is 0.450. The van der Waals surface area contributed by atoms with Crippen LogP contribution in [0.4, 0.5) is 5.69 Å². The molecular formula is C57H51B18N4. The van der Waals surface area contributed by atoms with Gasteiger partial charge in [0.05, 0.1) is 76.9 Å². The average molecular weight is 987 g/mol. The Labute approximate surface area is 493 Å². The van der Waals surface area contributed by atoms with Crippen molar-refractivity contribution in [2.45, 2.75) is 118 Å². The van der Waals surface area contributed by atoms with Gasteiger partial charge in [0.1, 0.15) is 23.5 Å². The van der Waals surface area contributed by atoms with Crippen LogP contribution in [0.3, 0.4) is 0 Å². The molecule has 0 N–H and O–H groups in total. The minimum atomic E-state index is -0.719. The molecular weight excluding hydrogens is 935 g/mol. The third-order valence-electron chi connectivity index (χ3n) is 16.7. The van der Waals surface area contributed by atoms with Crippen molar-refractivity contribution >= 4 is 189 Å². The van der Waals surface area contributed by atoms with Gasteiger partial charge in [0, 0.05) is 75.2 Å². The van der Waals surface area contributed by atoms with E-state index in [9.17, 15) is 15.8 Å². The summed E-state index contributed by atoms with van der Waals surface area (Å²) in [4.78, 5) is 3.66. The van der Waals surface area contributed by atoms with E-state index in [0.717, 1.165) is 139 Å². The quantitative estimate of drug-likeness (QED) is 0.162. The summed E-state index contributed by atoms with van der Waals surface area (Å²) >= 11 is 0. The molecule has 79 heavy (non-hydrogen) atoms. The molecule has 0 heterocycles. The highest BCUT2D eigenvalue weighted by Gasteiger charge is 2.27. The molecule has 0 spiro atoms. The lowest BCUT2D eigenvalue weighted by Gasteiger charge is -2.28. The van der Waals surface area contributed by atoms with Gasteiger partial charge >= 0.3 is 0 Å². The van der Waals surface area contributed by atoms with Gasteiger partial charge in [-0.2, -0.15) is 15.8 Å². The summed E-state index contributed by atoms with van der Waals surface area (Å²) in [6.45, 7) is 39.0. The number of nitrogens with zero attached hydrogens (tertiary/aromatic N) is 4. The van der Waals surface area contributed by atoms with Crippen molar-refractivity contribution in [3.63, 3.8) is 0 Å². The van der Waals surface area contributed by atoms with Gasteiger partial charge < -0.3 is 0 Å². The first kappa shape index (κ1) is 66.0. The van der Waals surface area contributed by atoms with E-state index >= 15 is 0 Å². The van der Waals surface area contributed by atoms with Crippen LogP contribution in [-0.4, -0.2) is 134 Å². The van der Waals surface area contributed by atoms with E-state index < -0.39 is 19.5 Å². The molecule has 6 aromatic carbocycles. The molecule has 0 aliphatic heterocycles. The van der Waals surface area contributed by atoms with Gasteiger partial charge in [0.25, 0.3) is 0 Å². The van der Waals surface area contributed by atoms with Crippen molar-refractivity contribution in [3.05, 3.63) is 123 Å². The third-order valence-corrected chi connectivity index (χ3v) is 16.7. The summed E-state index contributed by atoms with van der Waals surface area (Å²) < 4.78 is 0. The van der Waals surface area contributed by atoms with Crippen molar-refractivity contribution in [3.8, 4) is 51.6 Å². The lowest BCUT2D eigenvalue weighted by Crippen LogP contribution is -2.54. The van der Waals surface area contributed by atoms with Crippen LogP contribution < -0.4 is 49.2 Å². The van der Waals surface area contributed by atoms with Crippen molar-refractivity contribution < 1.29 is 0 Å². The molecule has 0 amide bonds. The number of hydrogen-bond donors (Lipinski definition) is 0. The Morgan fingerprint density at radius 3 is 0.823 bits per heavy atom. The van der Waals surface area contributed by atoms with Gasteiger partial charge in [-0.3, -0.25) is 0 Å². The molecule has 0 atom stereocenters. The van der Waals surface area contributed by atoms with Crippen LogP contribution in [0, 0.1) is 158 Å². The predicted octanol–water partition coefficient (Wildman–Crippen LogP) is 1.19. The molecule has 6 rings (SSSR count). The zero-order valence-corrected chi connectivity index (χ0v) is 49.2.